The molecule has 0 atom stereocenters. The van der Waals surface area contributed by atoms with E-state index in [1.54, 1.807) is 12.1 Å². The highest BCUT2D eigenvalue weighted by Gasteiger charge is 2.36. The van der Waals surface area contributed by atoms with Crippen LogP contribution in [0.25, 0.3) is 0 Å². The lowest BCUT2D eigenvalue weighted by molar-refractivity contribution is 0.133. The van der Waals surface area contributed by atoms with Crippen LogP contribution in [0.3, 0.4) is 0 Å². The van der Waals surface area contributed by atoms with E-state index in [0.717, 1.165) is 37.9 Å². The van der Waals surface area contributed by atoms with Gasteiger partial charge in [0.2, 0.25) is 10.0 Å². The standard InChI is InChI=1S/C16H26N2O2S/c1-3-16(10-5-11-16)13-18-21(19,20)15-8-6-14(7-9-15)12-17-4-2/h6-9,17-18H,3-5,10-13H2,1-2H3. The van der Waals surface area contributed by atoms with Crippen LogP contribution >= 0.6 is 0 Å². The second-order valence-electron chi connectivity index (χ2n) is 5.96. The molecule has 4 nitrogen and oxygen atoms in total. The molecule has 0 heterocycles. The molecule has 0 aromatic heterocycles. The summed E-state index contributed by atoms with van der Waals surface area (Å²) in [6.45, 7) is 6.42. The highest BCUT2D eigenvalue weighted by atomic mass is 32.2. The van der Waals surface area contributed by atoms with Crippen molar-refractivity contribution in [3.8, 4) is 0 Å². The van der Waals surface area contributed by atoms with Gasteiger partial charge in [0, 0.05) is 13.1 Å². The summed E-state index contributed by atoms with van der Waals surface area (Å²) in [4.78, 5) is 0.355. The average molecular weight is 310 g/mol. The third-order valence-corrected chi connectivity index (χ3v) is 6.03. The molecule has 2 N–H and O–H groups in total. The van der Waals surface area contributed by atoms with Gasteiger partial charge >= 0.3 is 0 Å². The normalized spacial score (nSPS) is 17.4. The van der Waals surface area contributed by atoms with Crippen LogP contribution in [0, 0.1) is 5.41 Å². The summed E-state index contributed by atoms with van der Waals surface area (Å²) in [5, 5.41) is 3.23. The fraction of sp³-hybridized carbons (Fsp3) is 0.625. The average Bonchev–Trinajstić information content (AvgIpc) is 2.45. The number of benzene rings is 1. The molecule has 1 aliphatic carbocycles. The molecule has 0 bridgehead atoms. The van der Waals surface area contributed by atoms with Crippen LogP contribution < -0.4 is 10.0 Å². The highest BCUT2D eigenvalue weighted by molar-refractivity contribution is 7.89. The number of nitrogens with one attached hydrogen (secondary N) is 2. The molecule has 0 spiro atoms. The maximum Gasteiger partial charge on any atom is 0.240 e. The Bertz CT molecular complexity index is 543. The molecular formula is C16H26N2O2S. The fourth-order valence-electron chi connectivity index (χ4n) is 2.72. The Hall–Kier alpha value is -0.910. The molecule has 118 valence electrons. The second-order valence-corrected chi connectivity index (χ2v) is 7.72. The third kappa shape index (κ3) is 4.05. The van der Waals surface area contributed by atoms with Gasteiger partial charge in [0.25, 0.3) is 0 Å². The molecule has 1 aromatic rings. The molecule has 21 heavy (non-hydrogen) atoms. The van der Waals surface area contributed by atoms with E-state index in [1.165, 1.54) is 6.42 Å². The van der Waals surface area contributed by atoms with Gasteiger partial charge in [-0.3, -0.25) is 0 Å². The first-order valence-electron chi connectivity index (χ1n) is 7.81. The largest absolute Gasteiger partial charge is 0.313 e. The van der Waals surface area contributed by atoms with Crippen molar-refractivity contribution in [3.05, 3.63) is 29.8 Å². The van der Waals surface area contributed by atoms with Gasteiger partial charge in [0.05, 0.1) is 4.90 Å². The highest BCUT2D eigenvalue weighted by Crippen LogP contribution is 2.43. The van der Waals surface area contributed by atoms with Gasteiger partial charge in [0.1, 0.15) is 0 Å². The van der Waals surface area contributed by atoms with Crippen LogP contribution in [0.15, 0.2) is 29.2 Å². The lowest BCUT2D eigenvalue weighted by Gasteiger charge is -2.41. The SMILES string of the molecule is CCNCc1ccc(S(=O)(=O)NCC2(CC)CCC2)cc1. The zero-order valence-corrected chi connectivity index (χ0v) is 13.8. The van der Waals surface area contributed by atoms with Crippen molar-refractivity contribution in [1.82, 2.24) is 10.0 Å². The third-order valence-electron chi connectivity index (χ3n) is 4.61. The summed E-state index contributed by atoms with van der Waals surface area (Å²) >= 11 is 0. The maximum absolute atomic E-state index is 12.3. The molecule has 0 aliphatic heterocycles. The minimum atomic E-state index is -3.39. The lowest BCUT2D eigenvalue weighted by Crippen LogP contribution is -2.41. The van der Waals surface area contributed by atoms with E-state index in [9.17, 15) is 8.42 Å². The minimum absolute atomic E-state index is 0.193. The van der Waals surface area contributed by atoms with Crippen molar-refractivity contribution in [2.45, 2.75) is 51.0 Å². The number of rotatable bonds is 8. The van der Waals surface area contributed by atoms with E-state index in [0.29, 0.717) is 11.4 Å². The Morgan fingerprint density at radius 3 is 2.29 bits per heavy atom. The predicted molar refractivity (Wildman–Crippen MR) is 85.6 cm³/mol. The summed E-state index contributed by atoms with van der Waals surface area (Å²) in [7, 11) is -3.39. The smallest absolute Gasteiger partial charge is 0.240 e. The molecule has 0 saturated heterocycles. The van der Waals surface area contributed by atoms with Gasteiger partial charge in [-0.15, -0.1) is 0 Å². The zero-order chi connectivity index (χ0) is 15.3. The van der Waals surface area contributed by atoms with Crippen LogP contribution in [0.5, 0.6) is 0 Å². The van der Waals surface area contributed by atoms with Crippen LogP contribution in [0.4, 0.5) is 0 Å². The molecule has 0 radical (unpaired) electrons. The van der Waals surface area contributed by atoms with Crippen molar-refractivity contribution in [2.75, 3.05) is 13.1 Å². The van der Waals surface area contributed by atoms with Crippen LogP contribution in [-0.2, 0) is 16.6 Å². The molecule has 1 saturated carbocycles. The topological polar surface area (TPSA) is 58.2 Å². The van der Waals surface area contributed by atoms with Crippen molar-refractivity contribution in [1.29, 1.82) is 0 Å². The van der Waals surface area contributed by atoms with Crippen molar-refractivity contribution in [3.63, 3.8) is 0 Å². The van der Waals surface area contributed by atoms with E-state index >= 15 is 0 Å². The predicted octanol–water partition coefficient (Wildman–Crippen LogP) is 2.65. The molecular weight excluding hydrogens is 284 g/mol. The van der Waals surface area contributed by atoms with Gasteiger partial charge in [-0.25, -0.2) is 13.1 Å². The van der Waals surface area contributed by atoms with E-state index in [-0.39, 0.29) is 5.41 Å². The Balaban J connectivity index is 1.98. The number of hydrogen-bond acceptors (Lipinski definition) is 3. The molecule has 1 aliphatic rings. The van der Waals surface area contributed by atoms with Crippen LogP contribution in [-0.4, -0.2) is 21.5 Å². The van der Waals surface area contributed by atoms with Gasteiger partial charge < -0.3 is 5.32 Å². The van der Waals surface area contributed by atoms with E-state index in [1.807, 2.05) is 19.1 Å². The maximum atomic E-state index is 12.3. The van der Waals surface area contributed by atoms with Crippen molar-refractivity contribution in [2.24, 2.45) is 5.41 Å². The van der Waals surface area contributed by atoms with Crippen molar-refractivity contribution < 1.29 is 8.42 Å². The van der Waals surface area contributed by atoms with Crippen LogP contribution in [0.1, 0.15) is 45.1 Å². The summed E-state index contributed by atoms with van der Waals surface area (Å²) in [5.74, 6) is 0. The summed E-state index contributed by atoms with van der Waals surface area (Å²) in [5.41, 5.74) is 1.29. The number of hydrogen-bond donors (Lipinski definition) is 2. The number of sulfonamides is 1. The molecule has 0 amide bonds. The second kappa shape index (κ2) is 6.90. The molecule has 0 unspecified atom stereocenters. The summed E-state index contributed by atoms with van der Waals surface area (Å²) in [6.07, 6.45) is 4.52. The first-order chi connectivity index (χ1) is 10.0. The van der Waals surface area contributed by atoms with E-state index < -0.39 is 10.0 Å². The summed E-state index contributed by atoms with van der Waals surface area (Å²) in [6, 6.07) is 7.12. The quantitative estimate of drug-likeness (QED) is 0.776. The van der Waals surface area contributed by atoms with Gasteiger partial charge in [-0.05, 0) is 48.9 Å². The Kier molecular flexibility index (Phi) is 5.41. The minimum Gasteiger partial charge on any atom is -0.313 e. The molecule has 2 rings (SSSR count). The first kappa shape index (κ1) is 16.5. The van der Waals surface area contributed by atoms with Crippen molar-refractivity contribution >= 4 is 10.0 Å². The first-order valence-corrected chi connectivity index (χ1v) is 9.29. The Labute approximate surface area is 128 Å². The lowest BCUT2D eigenvalue weighted by atomic mass is 9.67. The van der Waals surface area contributed by atoms with E-state index in [2.05, 4.69) is 17.0 Å². The molecule has 1 aromatic carbocycles. The molecule has 5 heteroatoms. The van der Waals surface area contributed by atoms with Gasteiger partial charge in [0.15, 0.2) is 0 Å². The van der Waals surface area contributed by atoms with Crippen LogP contribution in [0.2, 0.25) is 0 Å². The zero-order valence-electron chi connectivity index (χ0n) is 13.0. The monoisotopic (exact) mass is 310 g/mol. The van der Waals surface area contributed by atoms with Gasteiger partial charge in [-0.2, -0.15) is 0 Å². The summed E-state index contributed by atoms with van der Waals surface area (Å²) < 4.78 is 27.5. The Morgan fingerprint density at radius 2 is 1.81 bits per heavy atom. The fourth-order valence-corrected chi connectivity index (χ4v) is 3.88. The molecule has 1 fully saturated rings. The van der Waals surface area contributed by atoms with E-state index in [4.69, 9.17) is 0 Å². The van der Waals surface area contributed by atoms with Gasteiger partial charge in [-0.1, -0.05) is 32.4 Å². The Morgan fingerprint density at radius 1 is 1.14 bits per heavy atom.